The number of hydrogen-bond acceptors (Lipinski definition) is 5. The average Bonchev–Trinajstić information content (AvgIpc) is 2.25. The number of carbonyl (C=O) groups excluding carboxylic acids is 1. The number of thioether (sulfide) groups is 1. The molecule has 0 N–H and O–H groups in total. The summed E-state index contributed by atoms with van der Waals surface area (Å²) in [5.41, 5.74) is 0.708. The first-order chi connectivity index (χ1) is 7.22. The van der Waals surface area contributed by atoms with Gasteiger partial charge in [-0.15, -0.1) is 0 Å². The lowest BCUT2D eigenvalue weighted by atomic mass is 10.3. The summed E-state index contributed by atoms with van der Waals surface area (Å²) in [6, 6.07) is 0.318. The lowest BCUT2D eigenvalue weighted by Gasteiger charge is -1.94. The van der Waals surface area contributed by atoms with Crippen LogP contribution >= 0.6 is 11.8 Å². The Morgan fingerprint density at radius 3 is 2.73 bits per heavy atom. The van der Waals surface area contributed by atoms with Gasteiger partial charge in [-0.3, -0.25) is 4.79 Å². The molecule has 0 spiro atoms. The molecule has 1 aromatic rings. The summed E-state index contributed by atoms with van der Waals surface area (Å²) in [4.78, 5) is 18.4. The van der Waals surface area contributed by atoms with Crippen LogP contribution in [-0.4, -0.2) is 27.9 Å². The molecule has 4 nitrogen and oxygen atoms in total. The van der Waals surface area contributed by atoms with Crippen molar-refractivity contribution in [3.63, 3.8) is 0 Å². The number of aromatic nitrogens is 2. The average molecular weight is 222 g/mol. The first-order valence-electron chi connectivity index (χ1n) is 4.20. The van der Waals surface area contributed by atoms with E-state index < -0.39 is 0 Å². The van der Waals surface area contributed by atoms with Crippen molar-refractivity contribution in [3.05, 3.63) is 18.0 Å². The highest BCUT2D eigenvalue weighted by atomic mass is 32.2. The van der Waals surface area contributed by atoms with Gasteiger partial charge in [-0.25, -0.2) is 9.97 Å². The van der Waals surface area contributed by atoms with Crippen LogP contribution in [0.1, 0.15) is 12.5 Å². The maximum absolute atomic E-state index is 10.6. The molecule has 0 saturated heterocycles. The minimum absolute atomic E-state index is 0.0651. The SMILES string of the molecule is COc1ncc(C#CCSC(C)=O)cn1. The lowest BCUT2D eigenvalue weighted by Crippen LogP contribution is -1.91. The van der Waals surface area contributed by atoms with Crippen molar-refractivity contribution in [2.75, 3.05) is 12.9 Å². The molecule has 0 aromatic carbocycles. The third kappa shape index (κ3) is 4.47. The third-order valence-corrected chi connectivity index (χ3v) is 2.09. The zero-order chi connectivity index (χ0) is 11.1. The molecule has 0 aliphatic rings. The van der Waals surface area contributed by atoms with Crippen molar-refractivity contribution in [1.82, 2.24) is 9.97 Å². The van der Waals surface area contributed by atoms with E-state index in [1.54, 1.807) is 12.4 Å². The van der Waals surface area contributed by atoms with Gasteiger partial charge in [0.05, 0.1) is 18.4 Å². The minimum atomic E-state index is 0.0651. The second kappa shape index (κ2) is 6.04. The summed E-state index contributed by atoms with van der Waals surface area (Å²) in [6.07, 6.45) is 3.16. The Balaban J connectivity index is 2.52. The van der Waals surface area contributed by atoms with Crippen LogP contribution in [0.2, 0.25) is 0 Å². The van der Waals surface area contributed by atoms with Crippen LogP contribution in [0.3, 0.4) is 0 Å². The summed E-state index contributed by atoms with van der Waals surface area (Å²) in [6.45, 7) is 1.52. The molecule has 0 aliphatic carbocycles. The molecule has 1 aromatic heterocycles. The van der Waals surface area contributed by atoms with Crippen LogP contribution in [0.5, 0.6) is 6.01 Å². The molecule has 0 unspecified atom stereocenters. The second-order valence-corrected chi connectivity index (χ2v) is 3.69. The molecular weight excluding hydrogens is 212 g/mol. The molecule has 0 saturated carbocycles. The maximum atomic E-state index is 10.6. The summed E-state index contributed by atoms with van der Waals surface area (Å²) in [5.74, 6) is 6.18. The van der Waals surface area contributed by atoms with Gasteiger partial charge in [-0.05, 0) is 0 Å². The van der Waals surface area contributed by atoms with Gasteiger partial charge in [0, 0.05) is 19.3 Å². The zero-order valence-corrected chi connectivity index (χ0v) is 9.30. The molecule has 0 bridgehead atoms. The molecular formula is C10H10N2O2S. The number of carbonyl (C=O) groups is 1. The Labute approximate surface area is 92.5 Å². The highest BCUT2D eigenvalue weighted by Crippen LogP contribution is 2.01. The highest BCUT2D eigenvalue weighted by molar-refractivity contribution is 8.13. The van der Waals surface area contributed by atoms with Crippen molar-refractivity contribution in [1.29, 1.82) is 0 Å². The van der Waals surface area contributed by atoms with E-state index in [0.717, 1.165) is 0 Å². The molecule has 0 radical (unpaired) electrons. The van der Waals surface area contributed by atoms with Crippen molar-refractivity contribution in [2.45, 2.75) is 6.92 Å². The van der Waals surface area contributed by atoms with E-state index in [0.29, 0.717) is 17.3 Å². The van der Waals surface area contributed by atoms with Gasteiger partial charge in [-0.2, -0.15) is 0 Å². The predicted molar refractivity (Wildman–Crippen MR) is 58.6 cm³/mol. The van der Waals surface area contributed by atoms with Gasteiger partial charge >= 0.3 is 6.01 Å². The van der Waals surface area contributed by atoms with Gasteiger partial charge in [-0.1, -0.05) is 23.6 Å². The van der Waals surface area contributed by atoms with Crippen molar-refractivity contribution >= 4 is 16.9 Å². The summed E-state index contributed by atoms with van der Waals surface area (Å²) in [5, 5.41) is 0.0651. The molecule has 0 atom stereocenters. The fourth-order valence-corrected chi connectivity index (χ4v) is 1.11. The van der Waals surface area contributed by atoms with E-state index in [4.69, 9.17) is 4.74 Å². The molecule has 0 amide bonds. The zero-order valence-electron chi connectivity index (χ0n) is 8.48. The molecule has 15 heavy (non-hydrogen) atoms. The van der Waals surface area contributed by atoms with Crippen molar-refractivity contribution in [2.24, 2.45) is 0 Å². The quantitative estimate of drug-likeness (QED) is 0.702. The predicted octanol–water partition coefficient (Wildman–Crippen LogP) is 1.12. The highest BCUT2D eigenvalue weighted by Gasteiger charge is 1.93. The summed E-state index contributed by atoms with van der Waals surface area (Å²) < 4.78 is 4.81. The summed E-state index contributed by atoms with van der Waals surface area (Å²) >= 11 is 1.18. The minimum Gasteiger partial charge on any atom is -0.467 e. The molecule has 1 rings (SSSR count). The van der Waals surface area contributed by atoms with Gasteiger partial charge in [0.2, 0.25) is 0 Å². The molecule has 5 heteroatoms. The Hall–Kier alpha value is -1.54. The Morgan fingerprint density at radius 2 is 2.20 bits per heavy atom. The lowest BCUT2D eigenvalue weighted by molar-refractivity contribution is -0.109. The third-order valence-electron chi connectivity index (χ3n) is 1.39. The number of nitrogens with zero attached hydrogens (tertiary/aromatic N) is 2. The molecule has 0 aliphatic heterocycles. The van der Waals surface area contributed by atoms with E-state index in [9.17, 15) is 4.79 Å². The van der Waals surface area contributed by atoms with E-state index >= 15 is 0 Å². The fraction of sp³-hybridized carbons (Fsp3) is 0.300. The summed E-state index contributed by atoms with van der Waals surface area (Å²) in [7, 11) is 1.50. The van der Waals surface area contributed by atoms with Gasteiger partial charge in [0.25, 0.3) is 0 Å². The van der Waals surface area contributed by atoms with Crippen LogP contribution < -0.4 is 4.74 Å². The maximum Gasteiger partial charge on any atom is 0.316 e. The molecule has 1 heterocycles. The van der Waals surface area contributed by atoms with Gasteiger partial charge in [0.1, 0.15) is 0 Å². The van der Waals surface area contributed by atoms with Crippen LogP contribution in [-0.2, 0) is 4.79 Å². The topological polar surface area (TPSA) is 52.1 Å². The monoisotopic (exact) mass is 222 g/mol. The fourth-order valence-electron chi connectivity index (χ4n) is 0.762. The Bertz CT molecular complexity index is 392. The van der Waals surface area contributed by atoms with E-state index in [1.165, 1.54) is 25.8 Å². The second-order valence-electron chi connectivity index (χ2n) is 2.54. The van der Waals surface area contributed by atoms with E-state index in [1.807, 2.05) is 0 Å². The van der Waals surface area contributed by atoms with Crippen LogP contribution in [0.15, 0.2) is 12.4 Å². The Morgan fingerprint density at radius 1 is 1.53 bits per heavy atom. The van der Waals surface area contributed by atoms with Gasteiger partial charge in [0.15, 0.2) is 5.12 Å². The van der Waals surface area contributed by atoms with Crippen molar-refractivity contribution in [3.8, 4) is 17.9 Å². The first kappa shape index (κ1) is 11.5. The number of rotatable bonds is 2. The Kier molecular flexibility index (Phi) is 4.64. The van der Waals surface area contributed by atoms with Crippen LogP contribution in [0.4, 0.5) is 0 Å². The van der Waals surface area contributed by atoms with E-state index in [-0.39, 0.29) is 5.12 Å². The standard InChI is InChI=1S/C10H10N2O2S/c1-8(13)15-5-3-4-9-6-11-10(14-2)12-7-9/h6-7H,5H2,1-2H3. The molecule has 78 valence electrons. The normalized spacial score (nSPS) is 8.93. The van der Waals surface area contributed by atoms with Crippen LogP contribution in [0.25, 0.3) is 0 Å². The molecule has 0 fully saturated rings. The smallest absolute Gasteiger partial charge is 0.316 e. The number of methoxy groups -OCH3 is 1. The van der Waals surface area contributed by atoms with E-state index in [2.05, 4.69) is 21.8 Å². The van der Waals surface area contributed by atoms with Gasteiger partial charge < -0.3 is 4.74 Å². The largest absolute Gasteiger partial charge is 0.467 e. The first-order valence-corrected chi connectivity index (χ1v) is 5.19. The van der Waals surface area contributed by atoms with Crippen LogP contribution in [0, 0.1) is 11.8 Å². The number of hydrogen-bond donors (Lipinski definition) is 0. The van der Waals surface area contributed by atoms with Crippen molar-refractivity contribution < 1.29 is 9.53 Å². The number of ether oxygens (including phenoxy) is 1.